The Kier molecular flexibility index (Phi) is 3.25. The van der Waals surface area contributed by atoms with Gasteiger partial charge in [0, 0.05) is 5.54 Å². The number of fused-ring (bicyclic) bond motifs is 4. The van der Waals surface area contributed by atoms with E-state index in [1.807, 2.05) is 0 Å². The SMILES string of the molecule is C1=CC(O[Si]C2c3ccccc3-c3ccccc32)c2ccccc21. The van der Waals surface area contributed by atoms with Gasteiger partial charge >= 0.3 is 0 Å². The Bertz CT molecular complexity index is 898. The highest BCUT2D eigenvalue weighted by molar-refractivity contribution is 6.33. The number of hydrogen-bond donors (Lipinski definition) is 0. The van der Waals surface area contributed by atoms with Crippen molar-refractivity contribution in [3.63, 3.8) is 0 Å². The largest absolute Gasteiger partial charge is 0.406 e. The highest BCUT2D eigenvalue weighted by atomic mass is 28.2. The van der Waals surface area contributed by atoms with E-state index in [-0.39, 0.29) is 6.10 Å². The molecule has 0 bridgehead atoms. The quantitative estimate of drug-likeness (QED) is 0.605. The zero-order chi connectivity index (χ0) is 15.9. The molecule has 24 heavy (non-hydrogen) atoms. The maximum Gasteiger partial charge on any atom is 0.244 e. The molecule has 1 unspecified atom stereocenters. The van der Waals surface area contributed by atoms with Crippen LogP contribution in [0.25, 0.3) is 17.2 Å². The first kappa shape index (κ1) is 14.0. The maximum absolute atomic E-state index is 6.37. The van der Waals surface area contributed by atoms with Crippen LogP contribution in [0.5, 0.6) is 0 Å². The van der Waals surface area contributed by atoms with E-state index in [0.29, 0.717) is 15.3 Å². The fourth-order valence-electron chi connectivity index (χ4n) is 3.74. The molecule has 2 radical (unpaired) electrons. The Morgan fingerprint density at radius 1 is 0.667 bits per heavy atom. The van der Waals surface area contributed by atoms with Gasteiger partial charge in [-0.2, -0.15) is 0 Å². The lowest BCUT2D eigenvalue weighted by molar-refractivity contribution is 0.270. The molecule has 1 nitrogen and oxygen atoms in total. The average Bonchev–Trinajstić information content (AvgIpc) is 3.19. The lowest BCUT2D eigenvalue weighted by Gasteiger charge is -2.17. The second kappa shape index (κ2) is 5.59. The van der Waals surface area contributed by atoms with E-state index in [9.17, 15) is 0 Å². The molecule has 3 aromatic rings. The summed E-state index contributed by atoms with van der Waals surface area (Å²) in [4.78, 5) is 0. The first-order chi connectivity index (χ1) is 11.9. The van der Waals surface area contributed by atoms with E-state index in [1.54, 1.807) is 0 Å². The van der Waals surface area contributed by atoms with E-state index >= 15 is 0 Å². The normalized spacial score (nSPS) is 17.6. The summed E-state index contributed by atoms with van der Waals surface area (Å²) in [6.07, 6.45) is 4.42. The Morgan fingerprint density at radius 3 is 1.96 bits per heavy atom. The van der Waals surface area contributed by atoms with Crippen molar-refractivity contribution in [1.82, 2.24) is 0 Å². The van der Waals surface area contributed by atoms with Crippen molar-refractivity contribution < 1.29 is 4.43 Å². The molecular formula is C22H16OSi. The Hall–Kier alpha value is -2.42. The summed E-state index contributed by atoms with van der Waals surface area (Å²) in [5.74, 6) is 0. The van der Waals surface area contributed by atoms with Crippen molar-refractivity contribution in [1.29, 1.82) is 0 Å². The van der Waals surface area contributed by atoms with Gasteiger partial charge in [-0.15, -0.1) is 0 Å². The number of rotatable bonds is 3. The highest BCUT2D eigenvalue weighted by Gasteiger charge is 2.30. The molecule has 0 aromatic heterocycles. The first-order valence-corrected chi connectivity index (χ1v) is 9.27. The van der Waals surface area contributed by atoms with Crippen molar-refractivity contribution in [2.45, 2.75) is 11.6 Å². The van der Waals surface area contributed by atoms with Gasteiger partial charge < -0.3 is 4.43 Å². The minimum atomic E-state index is 0.0828. The molecule has 0 saturated heterocycles. The molecule has 1 atom stereocenters. The molecule has 3 aromatic carbocycles. The molecule has 0 saturated carbocycles. The van der Waals surface area contributed by atoms with Crippen molar-refractivity contribution in [2.75, 3.05) is 0 Å². The van der Waals surface area contributed by atoms with Crippen LogP contribution in [0.15, 0.2) is 78.9 Å². The standard InChI is InChI=1S/C22H16OSi/c1-2-8-16-15(7-1)13-14-21(16)23-24-22-19-11-5-3-9-17(19)18-10-4-6-12-20(18)22/h1-14,21-22H. The van der Waals surface area contributed by atoms with Crippen LogP contribution in [-0.2, 0) is 4.43 Å². The van der Waals surface area contributed by atoms with E-state index in [2.05, 4.69) is 84.9 Å². The van der Waals surface area contributed by atoms with Crippen LogP contribution in [-0.4, -0.2) is 9.76 Å². The number of hydrogen-bond acceptors (Lipinski definition) is 1. The lowest BCUT2D eigenvalue weighted by Crippen LogP contribution is -2.13. The molecule has 0 aliphatic heterocycles. The summed E-state index contributed by atoms with van der Waals surface area (Å²) < 4.78 is 6.37. The van der Waals surface area contributed by atoms with E-state index < -0.39 is 0 Å². The molecule has 0 amide bonds. The summed E-state index contributed by atoms with van der Waals surface area (Å²) in [6, 6.07) is 25.9. The fourth-order valence-corrected chi connectivity index (χ4v) is 4.99. The Morgan fingerprint density at radius 2 is 1.25 bits per heavy atom. The molecule has 0 heterocycles. The van der Waals surface area contributed by atoms with Gasteiger partial charge in [-0.3, -0.25) is 0 Å². The summed E-state index contributed by atoms with van der Waals surface area (Å²) in [5, 5.41) is 0. The second-order valence-electron chi connectivity index (χ2n) is 6.25. The molecule has 2 aliphatic rings. The second-order valence-corrected chi connectivity index (χ2v) is 7.30. The minimum Gasteiger partial charge on any atom is -0.406 e. The third-order valence-electron chi connectivity index (χ3n) is 4.90. The molecule has 0 spiro atoms. The van der Waals surface area contributed by atoms with Gasteiger partial charge in [0.1, 0.15) is 0 Å². The van der Waals surface area contributed by atoms with Crippen molar-refractivity contribution in [2.24, 2.45) is 0 Å². The molecule has 0 fully saturated rings. The van der Waals surface area contributed by atoms with Crippen LogP contribution in [0, 0.1) is 0 Å². The summed E-state index contributed by atoms with van der Waals surface area (Å²) in [7, 11) is 0.415. The van der Waals surface area contributed by atoms with Crippen molar-refractivity contribution in [3.8, 4) is 11.1 Å². The summed E-state index contributed by atoms with van der Waals surface area (Å²) >= 11 is 0. The summed E-state index contributed by atoms with van der Waals surface area (Å²) in [5.41, 5.74) is 8.41. The summed E-state index contributed by atoms with van der Waals surface area (Å²) in [6.45, 7) is 0. The molecular weight excluding hydrogens is 308 g/mol. The van der Waals surface area contributed by atoms with Gasteiger partial charge in [-0.1, -0.05) is 84.9 Å². The predicted octanol–water partition coefficient (Wildman–Crippen LogP) is 5.16. The number of benzene rings is 3. The van der Waals surface area contributed by atoms with Crippen LogP contribution in [0.1, 0.15) is 33.9 Å². The highest BCUT2D eigenvalue weighted by Crippen LogP contribution is 2.44. The molecule has 0 N–H and O–H groups in total. The maximum atomic E-state index is 6.37. The third kappa shape index (κ3) is 2.11. The van der Waals surface area contributed by atoms with Crippen LogP contribution < -0.4 is 0 Å². The first-order valence-electron chi connectivity index (χ1n) is 8.28. The topological polar surface area (TPSA) is 9.23 Å². The van der Waals surface area contributed by atoms with Gasteiger partial charge in [-0.05, 0) is 33.4 Å². The van der Waals surface area contributed by atoms with Crippen LogP contribution in [0.3, 0.4) is 0 Å². The predicted molar refractivity (Wildman–Crippen MR) is 98.8 cm³/mol. The zero-order valence-electron chi connectivity index (χ0n) is 13.1. The van der Waals surface area contributed by atoms with Crippen molar-refractivity contribution in [3.05, 3.63) is 101 Å². The van der Waals surface area contributed by atoms with Crippen LogP contribution in [0.4, 0.5) is 0 Å². The smallest absolute Gasteiger partial charge is 0.244 e. The van der Waals surface area contributed by atoms with Gasteiger partial charge in [0.15, 0.2) is 0 Å². The Labute approximate surface area is 144 Å². The molecule has 2 heteroatoms. The van der Waals surface area contributed by atoms with Gasteiger partial charge in [-0.25, -0.2) is 0 Å². The van der Waals surface area contributed by atoms with Gasteiger partial charge in [0.25, 0.3) is 0 Å². The van der Waals surface area contributed by atoms with E-state index in [0.717, 1.165) is 0 Å². The van der Waals surface area contributed by atoms with Gasteiger partial charge in [0.05, 0.1) is 6.10 Å². The Balaban J connectivity index is 1.45. The fraction of sp³-hybridized carbons (Fsp3) is 0.0909. The monoisotopic (exact) mass is 324 g/mol. The van der Waals surface area contributed by atoms with E-state index in [1.165, 1.54) is 33.4 Å². The third-order valence-corrected chi connectivity index (χ3v) is 6.15. The zero-order valence-corrected chi connectivity index (χ0v) is 14.1. The molecule has 5 rings (SSSR count). The van der Waals surface area contributed by atoms with Crippen LogP contribution >= 0.6 is 0 Å². The molecule has 114 valence electrons. The lowest BCUT2D eigenvalue weighted by atomic mass is 10.1. The minimum absolute atomic E-state index is 0.0828. The average molecular weight is 324 g/mol. The van der Waals surface area contributed by atoms with Crippen LogP contribution in [0.2, 0.25) is 0 Å². The van der Waals surface area contributed by atoms with Crippen molar-refractivity contribution >= 4 is 15.8 Å². The molecule has 2 aliphatic carbocycles. The van der Waals surface area contributed by atoms with Gasteiger partial charge in [0.2, 0.25) is 9.76 Å². The van der Waals surface area contributed by atoms with E-state index in [4.69, 9.17) is 4.43 Å².